The van der Waals surface area contributed by atoms with E-state index < -0.39 is 0 Å². The van der Waals surface area contributed by atoms with Crippen molar-refractivity contribution in [1.82, 2.24) is 4.90 Å². The fourth-order valence-corrected chi connectivity index (χ4v) is 1.48. The van der Waals surface area contributed by atoms with Crippen molar-refractivity contribution in [2.24, 2.45) is 10.9 Å². The summed E-state index contributed by atoms with van der Waals surface area (Å²) in [7, 11) is 2.10. The van der Waals surface area contributed by atoms with E-state index in [4.69, 9.17) is 5.41 Å². The molecule has 0 spiro atoms. The average Bonchev–Trinajstić information content (AvgIpc) is 2.05. The zero-order valence-electron chi connectivity index (χ0n) is 9.67. The molecule has 3 nitrogen and oxygen atoms in total. The molecule has 1 atom stereocenters. The molecule has 1 rings (SSSR count). The molecule has 1 heterocycles. The lowest BCUT2D eigenvalue weighted by Crippen LogP contribution is -2.39. The summed E-state index contributed by atoms with van der Waals surface area (Å²) in [4.78, 5) is 6.73. The van der Waals surface area contributed by atoms with Crippen LogP contribution in [0.5, 0.6) is 0 Å². The fourth-order valence-electron chi connectivity index (χ4n) is 1.48. The van der Waals surface area contributed by atoms with Crippen molar-refractivity contribution in [3.05, 3.63) is 0 Å². The molecule has 80 valence electrons. The minimum atomic E-state index is -0.0176. The summed E-state index contributed by atoms with van der Waals surface area (Å²) in [5.41, 5.74) is 0.812. The zero-order valence-corrected chi connectivity index (χ0v) is 9.67. The number of rotatable bonds is 1. The average molecular weight is 195 g/mol. The number of hydrogen-bond acceptors (Lipinski definition) is 3. The van der Waals surface area contributed by atoms with Gasteiger partial charge in [0.05, 0.1) is 5.54 Å². The molecular formula is C11H21N3. The first-order valence-electron chi connectivity index (χ1n) is 5.20. The molecule has 0 radical (unpaired) electrons. The van der Waals surface area contributed by atoms with Crippen LogP contribution in [0.2, 0.25) is 0 Å². The first kappa shape index (κ1) is 11.4. The molecule has 0 bridgehead atoms. The van der Waals surface area contributed by atoms with Crippen molar-refractivity contribution in [3.8, 4) is 0 Å². The van der Waals surface area contributed by atoms with Gasteiger partial charge in [-0.3, -0.25) is 4.99 Å². The molecule has 1 fully saturated rings. The highest BCUT2D eigenvalue weighted by Gasteiger charge is 2.21. The van der Waals surface area contributed by atoms with Gasteiger partial charge in [-0.05, 0) is 34.2 Å². The fraction of sp³-hybridized carbons (Fsp3) is 0.818. The quantitative estimate of drug-likeness (QED) is 0.637. The van der Waals surface area contributed by atoms with E-state index in [1.54, 1.807) is 0 Å². The third kappa shape index (κ3) is 3.58. The predicted molar refractivity (Wildman–Crippen MR) is 61.6 cm³/mol. The van der Waals surface area contributed by atoms with E-state index in [2.05, 4.69) is 37.7 Å². The summed E-state index contributed by atoms with van der Waals surface area (Å²) in [6, 6.07) is 0. The summed E-state index contributed by atoms with van der Waals surface area (Å²) >= 11 is 0. The van der Waals surface area contributed by atoms with Gasteiger partial charge in [0.15, 0.2) is 0 Å². The van der Waals surface area contributed by atoms with Crippen LogP contribution in [-0.2, 0) is 0 Å². The highest BCUT2D eigenvalue weighted by atomic mass is 15.1. The molecule has 1 saturated heterocycles. The Hall–Kier alpha value is -0.700. The van der Waals surface area contributed by atoms with E-state index in [0.29, 0.717) is 0 Å². The predicted octanol–water partition coefficient (Wildman–Crippen LogP) is 1.83. The van der Waals surface area contributed by atoms with Crippen LogP contribution in [0.3, 0.4) is 0 Å². The molecule has 0 aromatic rings. The molecule has 0 aliphatic carbocycles. The zero-order chi connectivity index (χ0) is 10.8. The SMILES string of the molecule is CN1CCC(=N)C(C=NC(C)(C)C)C1. The summed E-state index contributed by atoms with van der Waals surface area (Å²) in [6.07, 6.45) is 2.84. The minimum absolute atomic E-state index is 0.0176. The first-order valence-corrected chi connectivity index (χ1v) is 5.20. The molecule has 0 aromatic carbocycles. The molecule has 0 saturated carbocycles. The maximum Gasteiger partial charge on any atom is 0.0520 e. The summed E-state index contributed by atoms with van der Waals surface area (Å²) in [6.45, 7) is 8.20. The number of aliphatic imine (C=N–C) groups is 1. The van der Waals surface area contributed by atoms with Gasteiger partial charge in [0.25, 0.3) is 0 Å². The molecule has 1 unspecified atom stereocenters. The largest absolute Gasteiger partial charge is 0.309 e. The van der Waals surface area contributed by atoms with Crippen molar-refractivity contribution < 1.29 is 0 Å². The van der Waals surface area contributed by atoms with E-state index in [9.17, 15) is 0 Å². The van der Waals surface area contributed by atoms with E-state index in [0.717, 1.165) is 25.2 Å². The van der Waals surface area contributed by atoms with Crippen LogP contribution in [0.15, 0.2) is 4.99 Å². The Kier molecular flexibility index (Phi) is 3.43. The maximum atomic E-state index is 7.83. The Morgan fingerprint density at radius 2 is 2.14 bits per heavy atom. The van der Waals surface area contributed by atoms with Gasteiger partial charge in [0, 0.05) is 30.9 Å². The van der Waals surface area contributed by atoms with Crippen LogP contribution in [-0.4, -0.2) is 42.5 Å². The monoisotopic (exact) mass is 195 g/mol. The van der Waals surface area contributed by atoms with Crippen LogP contribution in [0, 0.1) is 11.3 Å². The van der Waals surface area contributed by atoms with Gasteiger partial charge in [-0.2, -0.15) is 0 Å². The van der Waals surface area contributed by atoms with Gasteiger partial charge in [-0.25, -0.2) is 0 Å². The molecule has 0 amide bonds. The van der Waals surface area contributed by atoms with Crippen molar-refractivity contribution in [1.29, 1.82) is 5.41 Å². The Bertz CT molecular complexity index is 237. The molecule has 3 heteroatoms. The van der Waals surface area contributed by atoms with Gasteiger partial charge in [-0.1, -0.05) is 0 Å². The summed E-state index contributed by atoms with van der Waals surface area (Å²) < 4.78 is 0. The maximum absolute atomic E-state index is 7.83. The first-order chi connectivity index (χ1) is 6.38. The van der Waals surface area contributed by atoms with Gasteiger partial charge < -0.3 is 10.3 Å². The lowest BCUT2D eigenvalue weighted by molar-refractivity contribution is 0.317. The lowest BCUT2D eigenvalue weighted by Gasteiger charge is -2.28. The summed E-state index contributed by atoms with van der Waals surface area (Å²) in [5, 5.41) is 7.83. The topological polar surface area (TPSA) is 39.5 Å². The van der Waals surface area contributed by atoms with E-state index in [1.807, 2.05) is 6.21 Å². The van der Waals surface area contributed by atoms with Crippen LogP contribution in [0.25, 0.3) is 0 Å². The third-order valence-electron chi connectivity index (χ3n) is 2.36. The van der Waals surface area contributed by atoms with Crippen LogP contribution in [0.4, 0.5) is 0 Å². The number of nitrogens with zero attached hydrogens (tertiary/aromatic N) is 2. The standard InChI is InChI=1S/C11H21N3/c1-11(2,3)13-7-9-8-14(4)6-5-10(9)12/h7,9,12H,5-6,8H2,1-4H3. The van der Waals surface area contributed by atoms with Crippen molar-refractivity contribution >= 4 is 11.9 Å². The number of likely N-dealkylation sites (tertiary alicyclic amines) is 1. The Labute approximate surface area is 86.7 Å². The van der Waals surface area contributed by atoms with E-state index in [1.165, 1.54) is 0 Å². The third-order valence-corrected chi connectivity index (χ3v) is 2.36. The van der Waals surface area contributed by atoms with Crippen LogP contribution < -0.4 is 0 Å². The Morgan fingerprint density at radius 3 is 2.71 bits per heavy atom. The normalized spacial score (nSPS) is 26.0. The molecule has 0 aromatic heterocycles. The second-order valence-electron chi connectivity index (χ2n) is 5.09. The molecule has 1 aliphatic rings. The van der Waals surface area contributed by atoms with Crippen LogP contribution in [0.1, 0.15) is 27.2 Å². The molecule has 1 N–H and O–H groups in total. The van der Waals surface area contributed by atoms with Crippen molar-refractivity contribution in [2.75, 3.05) is 20.1 Å². The van der Waals surface area contributed by atoms with E-state index >= 15 is 0 Å². The second kappa shape index (κ2) is 4.22. The molecular weight excluding hydrogens is 174 g/mol. The Balaban J connectivity index is 2.58. The lowest BCUT2D eigenvalue weighted by atomic mass is 9.97. The van der Waals surface area contributed by atoms with Gasteiger partial charge in [-0.15, -0.1) is 0 Å². The van der Waals surface area contributed by atoms with Gasteiger partial charge >= 0.3 is 0 Å². The minimum Gasteiger partial charge on any atom is -0.309 e. The van der Waals surface area contributed by atoms with Gasteiger partial charge in [0.1, 0.15) is 0 Å². The Morgan fingerprint density at radius 1 is 1.50 bits per heavy atom. The second-order valence-corrected chi connectivity index (χ2v) is 5.09. The molecule has 1 aliphatic heterocycles. The smallest absolute Gasteiger partial charge is 0.0520 e. The summed E-state index contributed by atoms with van der Waals surface area (Å²) in [5.74, 6) is 0.230. The highest BCUT2D eigenvalue weighted by molar-refractivity contribution is 5.97. The van der Waals surface area contributed by atoms with Gasteiger partial charge in [0.2, 0.25) is 0 Å². The number of nitrogens with one attached hydrogen (secondary N) is 1. The van der Waals surface area contributed by atoms with Crippen molar-refractivity contribution in [3.63, 3.8) is 0 Å². The molecule has 14 heavy (non-hydrogen) atoms. The van der Waals surface area contributed by atoms with E-state index in [-0.39, 0.29) is 11.5 Å². The number of hydrogen-bond donors (Lipinski definition) is 1. The van der Waals surface area contributed by atoms with Crippen LogP contribution >= 0.6 is 0 Å². The highest BCUT2D eigenvalue weighted by Crippen LogP contribution is 2.12. The number of piperidine rings is 1. The van der Waals surface area contributed by atoms with Crippen molar-refractivity contribution in [2.45, 2.75) is 32.7 Å².